The summed E-state index contributed by atoms with van der Waals surface area (Å²) in [6, 6.07) is 1.39. The fourth-order valence-electron chi connectivity index (χ4n) is 1.54. The summed E-state index contributed by atoms with van der Waals surface area (Å²) in [4.78, 5) is 27.5. The zero-order valence-electron chi connectivity index (χ0n) is 9.36. The zero-order valence-corrected chi connectivity index (χ0v) is 9.36. The first kappa shape index (κ1) is 11.3. The van der Waals surface area contributed by atoms with Crippen LogP contribution in [0.2, 0.25) is 0 Å². The van der Waals surface area contributed by atoms with E-state index in [9.17, 15) is 9.59 Å². The highest BCUT2D eigenvalue weighted by Gasteiger charge is 2.13. The van der Waals surface area contributed by atoms with Crippen molar-refractivity contribution in [3.8, 4) is 0 Å². The number of nitrogens with two attached hydrogens (primary N) is 1. The number of rotatable bonds is 3. The summed E-state index contributed by atoms with van der Waals surface area (Å²) in [6.07, 6.45) is 1.45. The van der Waals surface area contributed by atoms with Crippen molar-refractivity contribution < 1.29 is 4.79 Å². The Morgan fingerprint density at radius 1 is 1.65 bits per heavy atom. The van der Waals surface area contributed by atoms with Gasteiger partial charge in [-0.15, -0.1) is 0 Å². The summed E-state index contributed by atoms with van der Waals surface area (Å²) in [6.45, 7) is 2.45. The third-order valence-electron chi connectivity index (χ3n) is 2.30. The first-order valence-corrected chi connectivity index (χ1v) is 5.19. The summed E-state index contributed by atoms with van der Waals surface area (Å²) >= 11 is 0. The third kappa shape index (κ3) is 2.04. The molecule has 0 bridgehead atoms. The topological polar surface area (TPSA) is 105 Å². The number of nitrogens with one attached hydrogen (secondary N) is 2. The Balaban J connectivity index is 2.49. The highest BCUT2D eigenvalue weighted by atomic mass is 16.2. The van der Waals surface area contributed by atoms with E-state index in [4.69, 9.17) is 5.73 Å². The van der Waals surface area contributed by atoms with Crippen LogP contribution in [0.15, 0.2) is 17.1 Å². The van der Waals surface area contributed by atoms with E-state index in [1.165, 1.54) is 16.8 Å². The van der Waals surface area contributed by atoms with E-state index in [1.807, 2.05) is 0 Å². The first-order chi connectivity index (χ1) is 8.13. The lowest BCUT2D eigenvalue weighted by molar-refractivity contribution is 0.0956. The van der Waals surface area contributed by atoms with Gasteiger partial charge in [0, 0.05) is 31.0 Å². The van der Waals surface area contributed by atoms with Crippen molar-refractivity contribution in [2.24, 2.45) is 5.73 Å². The van der Waals surface area contributed by atoms with Gasteiger partial charge in [0.15, 0.2) is 5.65 Å². The molecule has 2 aromatic heterocycles. The molecule has 2 aromatic rings. The van der Waals surface area contributed by atoms with Crippen molar-refractivity contribution >= 4 is 11.6 Å². The Hall–Kier alpha value is -2.15. The molecule has 90 valence electrons. The quantitative estimate of drug-likeness (QED) is 0.635. The number of aromatic nitrogens is 3. The molecule has 2 rings (SSSR count). The van der Waals surface area contributed by atoms with Crippen LogP contribution >= 0.6 is 0 Å². The Kier molecular flexibility index (Phi) is 2.92. The Bertz CT molecular complexity index is 613. The molecule has 0 aromatic carbocycles. The molecule has 0 fully saturated rings. The van der Waals surface area contributed by atoms with Gasteiger partial charge < -0.3 is 11.1 Å². The predicted octanol–water partition coefficient (Wildman–Crippen LogP) is -0.980. The summed E-state index contributed by atoms with van der Waals surface area (Å²) in [5, 5.41) is 5.32. The largest absolute Gasteiger partial charge is 0.351 e. The Morgan fingerprint density at radius 3 is 3.12 bits per heavy atom. The number of aromatic amines is 1. The van der Waals surface area contributed by atoms with Gasteiger partial charge in [0.1, 0.15) is 5.56 Å². The predicted molar refractivity (Wildman–Crippen MR) is 61.9 cm³/mol. The van der Waals surface area contributed by atoms with Crippen LogP contribution in [0.1, 0.15) is 16.1 Å². The maximum absolute atomic E-state index is 11.8. The van der Waals surface area contributed by atoms with Crippen molar-refractivity contribution in [3.63, 3.8) is 0 Å². The van der Waals surface area contributed by atoms with Gasteiger partial charge in [-0.3, -0.25) is 14.7 Å². The van der Waals surface area contributed by atoms with Gasteiger partial charge in [0.25, 0.3) is 11.5 Å². The maximum atomic E-state index is 11.8. The highest BCUT2D eigenvalue weighted by molar-refractivity contribution is 5.99. The highest BCUT2D eigenvalue weighted by Crippen LogP contribution is 2.05. The summed E-state index contributed by atoms with van der Waals surface area (Å²) in [5.74, 6) is -0.299. The smallest absolute Gasteiger partial charge is 0.272 e. The van der Waals surface area contributed by atoms with E-state index in [2.05, 4.69) is 15.4 Å². The van der Waals surface area contributed by atoms with E-state index in [-0.39, 0.29) is 11.5 Å². The van der Waals surface area contributed by atoms with Crippen molar-refractivity contribution in [2.45, 2.75) is 6.92 Å². The normalized spacial score (nSPS) is 10.7. The molecule has 7 heteroatoms. The number of nitrogens with zero attached hydrogens (tertiary/aromatic N) is 2. The number of H-pyrrole nitrogens is 1. The van der Waals surface area contributed by atoms with Crippen LogP contribution in [0, 0.1) is 6.92 Å². The van der Waals surface area contributed by atoms with Crippen LogP contribution < -0.4 is 16.6 Å². The number of carbonyl (C=O) groups is 1. The van der Waals surface area contributed by atoms with Crippen molar-refractivity contribution in [2.75, 3.05) is 13.1 Å². The van der Waals surface area contributed by atoms with Crippen LogP contribution in [-0.4, -0.2) is 33.6 Å². The van der Waals surface area contributed by atoms with Crippen LogP contribution in [0.5, 0.6) is 0 Å². The summed E-state index contributed by atoms with van der Waals surface area (Å²) in [7, 11) is 0. The molecule has 0 aliphatic rings. The molecule has 1 amide bonds. The fourth-order valence-corrected chi connectivity index (χ4v) is 1.54. The first-order valence-electron chi connectivity index (χ1n) is 5.19. The van der Waals surface area contributed by atoms with E-state index < -0.39 is 0 Å². The molecule has 0 saturated heterocycles. The Labute approximate surface area is 96.6 Å². The van der Waals surface area contributed by atoms with Crippen molar-refractivity contribution in [1.82, 2.24) is 19.9 Å². The number of carbonyl (C=O) groups excluding carboxylic acids is 1. The van der Waals surface area contributed by atoms with Gasteiger partial charge in [-0.1, -0.05) is 0 Å². The number of hydrogen-bond donors (Lipinski definition) is 3. The van der Waals surface area contributed by atoms with Crippen LogP contribution in [0.4, 0.5) is 0 Å². The molecule has 2 heterocycles. The van der Waals surface area contributed by atoms with Crippen LogP contribution in [-0.2, 0) is 0 Å². The lowest BCUT2D eigenvalue weighted by Crippen LogP contribution is -2.29. The van der Waals surface area contributed by atoms with Gasteiger partial charge in [0.05, 0.1) is 0 Å². The van der Waals surface area contributed by atoms with E-state index in [0.29, 0.717) is 30.0 Å². The maximum Gasteiger partial charge on any atom is 0.272 e. The van der Waals surface area contributed by atoms with E-state index >= 15 is 0 Å². The van der Waals surface area contributed by atoms with Crippen molar-refractivity contribution in [3.05, 3.63) is 33.9 Å². The summed E-state index contributed by atoms with van der Waals surface area (Å²) < 4.78 is 1.23. The molecule has 0 unspecified atom stereocenters. The SMILES string of the molecule is Cc1cc(=O)n2[nH]cc(C(=O)NCCN)c2n1. The van der Waals surface area contributed by atoms with E-state index in [1.54, 1.807) is 6.92 Å². The molecule has 4 N–H and O–H groups in total. The minimum absolute atomic E-state index is 0.245. The average molecular weight is 235 g/mol. The van der Waals surface area contributed by atoms with Crippen molar-refractivity contribution in [1.29, 1.82) is 0 Å². The minimum Gasteiger partial charge on any atom is -0.351 e. The molecule has 0 radical (unpaired) electrons. The molecule has 0 saturated carbocycles. The molecular formula is C10H13N5O2. The third-order valence-corrected chi connectivity index (χ3v) is 2.30. The number of hydrogen-bond acceptors (Lipinski definition) is 4. The molecule has 17 heavy (non-hydrogen) atoms. The second-order valence-corrected chi connectivity index (χ2v) is 3.63. The van der Waals surface area contributed by atoms with E-state index in [0.717, 1.165) is 0 Å². The second kappa shape index (κ2) is 4.38. The van der Waals surface area contributed by atoms with Gasteiger partial charge >= 0.3 is 0 Å². The molecule has 0 aliphatic carbocycles. The number of amides is 1. The van der Waals surface area contributed by atoms with Gasteiger partial charge in [-0.05, 0) is 6.92 Å². The van der Waals surface area contributed by atoms with Gasteiger partial charge in [-0.2, -0.15) is 0 Å². The lowest BCUT2D eigenvalue weighted by atomic mass is 10.3. The summed E-state index contributed by atoms with van der Waals surface area (Å²) in [5.41, 5.74) is 6.28. The standard InChI is InChI=1S/C10H13N5O2/c1-6-4-8(16)15-9(14-6)7(5-13-15)10(17)12-3-2-11/h4-5,13H,2-3,11H2,1H3,(H,12,17). The monoisotopic (exact) mass is 235 g/mol. The molecular weight excluding hydrogens is 222 g/mol. The number of aryl methyl sites for hydroxylation is 1. The fraction of sp³-hybridized carbons (Fsp3) is 0.300. The van der Waals surface area contributed by atoms with Crippen LogP contribution in [0.3, 0.4) is 0 Å². The Morgan fingerprint density at radius 2 is 2.41 bits per heavy atom. The minimum atomic E-state index is -0.299. The second-order valence-electron chi connectivity index (χ2n) is 3.63. The van der Waals surface area contributed by atoms with Crippen LogP contribution in [0.25, 0.3) is 5.65 Å². The molecule has 7 nitrogen and oxygen atoms in total. The molecule has 0 aliphatic heterocycles. The zero-order chi connectivity index (χ0) is 12.4. The lowest BCUT2D eigenvalue weighted by Gasteiger charge is -2.01. The van der Waals surface area contributed by atoms with Gasteiger partial charge in [-0.25, -0.2) is 9.50 Å². The average Bonchev–Trinajstić information content (AvgIpc) is 2.69. The molecule has 0 atom stereocenters. The molecule has 0 spiro atoms. The van der Waals surface area contributed by atoms with Gasteiger partial charge in [0.2, 0.25) is 0 Å². The number of fused-ring (bicyclic) bond motifs is 1.